The Morgan fingerprint density at radius 3 is 0.764 bits per heavy atom. The topological polar surface area (TPSA) is 237 Å². The van der Waals surface area contributed by atoms with Crippen molar-refractivity contribution in [2.24, 2.45) is 11.8 Å². The molecule has 0 fully saturated rings. The van der Waals surface area contributed by atoms with Crippen LogP contribution >= 0.6 is 15.6 Å². The lowest BCUT2D eigenvalue weighted by atomic mass is 10.0. The van der Waals surface area contributed by atoms with Crippen LogP contribution in [0.2, 0.25) is 0 Å². The Bertz CT molecular complexity index is 1730. The third kappa shape index (κ3) is 64.6. The Labute approximate surface area is 543 Å². The van der Waals surface area contributed by atoms with E-state index in [0.29, 0.717) is 25.7 Å². The predicted molar refractivity (Wildman–Crippen MR) is 358 cm³/mol. The summed E-state index contributed by atoms with van der Waals surface area (Å²) in [4.78, 5) is 72.3. The number of carbonyl (C=O) groups excluding carboxylic acids is 4. The van der Waals surface area contributed by atoms with Crippen molar-refractivity contribution >= 4 is 39.5 Å². The number of phosphoric ester groups is 2. The molecule has 19 heteroatoms. The highest BCUT2D eigenvalue weighted by molar-refractivity contribution is 7.47. The van der Waals surface area contributed by atoms with Crippen molar-refractivity contribution in [3.05, 3.63) is 0 Å². The first kappa shape index (κ1) is 87.1. The number of unbranched alkanes of at least 4 members (excludes halogenated alkanes) is 39. The highest BCUT2D eigenvalue weighted by atomic mass is 31.2. The largest absolute Gasteiger partial charge is 0.472 e. The second kappa shape index (κ2) is 62.2. The fraction of sp³-hybridized carbons (Fsp3) is 0.943. The average molecular weight is 1310 g/mol. The normalized spacial score (nSPS) is 14.1. The van der Waals surface area contributed by atoms with Crippen molar-refractivity contribution in [3.63, 3.8) is 0 Å². The van der Waals surface area contributed by atoms with Crippen LogP contribution < -0.4 is 0 Å². The molecular weight excluding hydrogens is 1170 g/mol. The van der Waals surface area contributed by atoms with Crippen molar-refractivity contribution in [3.8, 4) is 0 Å². The van der Waals surface area contributed by atoms with E-state index in [2.05, 4.69) is 41.5 Å². The van der Waals surface area contributed by atoms with E-state index < -0.39 is 97.5 Å². The van der Waals surface area contributed by atoms with Crippen LogP contribution in [-0.4, -0.2) is 96.7 Å². The van der Waals surface area contributed by atoms with E-state index >= 15 is 0 Å². The fourth-order valence-electron chi connectivity index (χ4n) is 10.6. The van der Waals surface area contributed by atoms with Gasteiger partial charge in [-0.1, -0.05) is 305 Å². The molecule has 0 aliphatic carbocycles. The third-order valence-electron chi connectivity index (χ3n) is 16.2. The molecule has 0 radical (unpaired) electrons. The summed E-state index contributed by atoms with van der Waals surface area (Å²) in [7, 11) is -9.89. The van der Waals surface area contributed by atoms with Crippen molar-refractivity contribution < 1.29 is 80.2 Å². The van der Waals surface area contributed by atoms with E-state index in [4.69, 9.17) is 37.0 Å². The van der Waals surface area contributed by atoms with Crippen LogP contribution in [0.5, 0.6) is 0 Å². The van der Waals surface area contributed by atoms with E-state index in [0.717, 1.165) is 108 Å². The molecule has 2 unspecified atom stereocenters. The molecule has 3 N–H and O–H groups in total. The molecule has 0 bridgehead atoms. The minimum atomic E-state index is -4.95. The molecule has 0 aliphatic heterocycles. The maximum absolute atomic E-state index is 13.0. The lowest BCUT2D eigenvalue weighted by molar-refractivity contribution is -0.161. The Kier molecular flexibility index (Phi) is 60.8. The zero-order chi connectivity index (χ0) is 65.7. The molecular formula is C70H136O17P2. The van der Waals surface area contributed by atoms with Gasteiger partial charge in [0.15, 0.2) is 12.2 Å². The Morgan fingerprint density at radius 2 is 0.517 bits per heavy atom. The van der Waals surface area contributed by atoms with Crippen molar-refractivity contribution in [1.29, 1.82) is 0 Å². The molecule has 0 aromatic heterocycles. The minimum Gasteiger partial charge on any atom is -0.462 e. The van der Waals surface area contributed by atoms with Crippen LogP contribution in [0.25, 0.3) is 0 Å². The lowest BCUT2D eigenvalue weighted by Gasteiger charge is -2.21. The highest BCUT2D eigenvalue weighted by Gasteiger charge is 2.30. The van der Waals surface area contributed by atoms with Gasteiger partial charge in [0.05, 0.1) is 26.4 Å². The number of rotatable bonds is 69. The maximum Gasteiger partial charge on any atom is 0.472 e. The molecule has 0 heterocycles. The standard InChI is InChI=1S/C70H136O17P2/c1-7-9-11-13-14-15-16-17-21-24-30-35-41-47-53-68(73)81-59-66(87-70(75)54-48-42-36-31-25-22-19-18-20-23-28-33-39-44-50-62(3)4)61-85-89(78,79)83-57-64(71)56-82-88(76,77)84-60-65(58-80-67(72)52-46-38-12-10-8-2)86-69(74)55-49-43-37-32-27-26-29-34-40-45-51-63(5)6/h62-66,71H,7-61H2,1-6H3,(H,76,77)(H,78,79)/t64-,65+,66+/m0/s1. The minimum absolute atomic E-state index is 0.105. The summed E-state index contributed by atoms with van der Waals surface area (Å²) in [6, 6.07) is 0. The van der Waals surface area contributed by atoms with Crippen LogP contribution in [-0.2, 0) is 65.4 Å². The van der Waals surface area contributed by atoms with Gasteiger partial charge in [-0.3, -0.25) is 37.3 Å². The number of hydrogen-bond donors (Lipinski definition) is 3. The smallest absolute Gasteiger partial charge is 0.462 e. The van der Waals surface area contributed by atoms with Crippen LogP contribution in [0.15, 0.2) is 0 Å². The van der Waals surface area contributed by atoms with Gasteiger partial charge < -0.3 is 33.8 Å². The molecule has 0 saturated heterocycles. The zero-order valence-electron chi connectivity index (χ0n) is 57.7. The van der Waals surface area contributed by atoms with E-state index in [-0.39, 0.29) is 25.7 Å². The van der Waals surface area contributed by atoms with Gasteiger partial charge in [-0.2, -0.15) is 0 Å². The van der Waals surface area contributed by atoms with Crippen LogP contribution in [0, 0.1) is 11.8 Å². The molecule has 0 spiro atoms. The van der Waals surface area contributed by atoms with Crippen LogP contribution in [0.4, 0.5) is 0 Å². The monoisotopic (exact) mass is 1310 g/mol. The second-order valence-corrected chi connectivity index (χ2v) is 29.1. The van der Waals surface area contributed by atoms with Gasteiger partial charge in [0.1, 0.15) is 19.3 Å². The summed E-state index contributed by atoms with van der Waals surface area (Å²) < 4.78 is 68.1. The molecule has 17 nitrogen and oxygen atoms in total. The predicted octanol–water partition coefficient (Wildman–Crippen LogP) is 20.0. The summed E-state index contributed by atoms with van der Waals surface area (Å²) >= 11 is 0. The molecule has 5 atom stereocenters. The van der Waals surface area contributed by atoms with Gasteiger partial charge in [-0.25, -0.2) is 9.13 Å². The first-order chi connectivity index (χ1) is 42.9. The summed E-state index contributed by atoms with van der Waals surface area (Å²) in [6.45, 7) is 9.48. The number of ether oxygens (including phenoxy) is 4. The molecule has 0 aromatic carbocycles. The quantitative estimate of drug-likeness (QED) is 0.0222. The van der Waals surface area contributed by atoms with Gasteiger partial charge in [0.25, 0.3) is 0 Å². The van der Waals surface area contributed by atoms with Crippen LogP contribution in [0.1, 0.15) is 356 Å². The molecule has 0 saturated carbocycles. The maximum atomic E-state index is 13.0. The number of esters is 4. The molecule has 0 amide bonds. The summed E-state index contributed by atoms with van der Waals surface area (Å²) in [5.41, 5.74) is 0. The fourth-order valence-corrected chi connectivity index (χ4v) is 12.2. The number of phosphoric acid groups is 2. The van der Waals surface area contributed by atoms with Crippen molar-refractivity contribution in [2.75, 3.05) is 39.6 Å². The van der Waals surface area contributed by atoms with Gasteiger partial charge in [0.2, 0.25) is 0 Å². The highest BCUT2D eigenvalue weighted by Crippen LogP contribution is 2.45. The van der Waals surface area contributed by atoms with E-state index in [1.54, 1.807) is 0 Å². The van der Waals surface area contributed by atoms with Gasteiger partial charge >= 0.3 is 39.5 Å². The molecule has 528 valence electrons. The molecule has 0 aromatic rings. The molecule has 0 aliphatic rings. The number of carbonyl (C=O) groups is 4. The van der Waals surface area contributed by atoms with Gasteiger partial charge in [-0.05, 0) is 37.5 Å². The van der Waals surface area contributed by atoms with E-state index in [1.807, 2.05) is 0 Å². The SMILES string of the molecule is CCCCCCCCCCCCCCCCC(=O)OC[C@H](COP(=O)(O)OC[C@@H](O)COP(=O)(O)OC[C@@H](COC(=O)CCCCCCC)OC(=O)CCCCCCCCCCCCC(C)C)OC(=O)CCCCCCCCCCCCCCCCC(C)C. The van der Waals surface area contributed by atoms with Crippen molar-refractivity contribution in [2.45, 2.75) is 374 Å². The van der Waals surface area contributed by atoms with Gasteiger partial charge in [0, 0.05) is 25.7 Å². The first-order valence-corrected chi connectivity index (χ1v) is 39.5. The Morgan fingerprint density at radius 1 is 0.303 bits per heavy atom. The average Bonchev–Trinajstić information content (AvgIpc) is 3.66. The Hall–Kier alpha value is -1.94. The number of hydrogen-bond acceptors (Lipinski definition) is 15. The summed E-state index contributed by atoms with van der Waals surface area (Å²) in [6.07, 6.45) is 47.5. The Balaban J connectivity index is 5.16. The first-order valence-electron chi connectivity index (χ1n) is 36.5. The second-order valence-electron chi connectivity index (χ2n) is 26.2. The number of aliphatic hydroxyl groups excluding tert-OH is 1. The van der Waals surface area contributed by atoms with E-state index in [1.165, 1.54) is 167 Å². The third-order valence-corrected chi connectivity index (χ3v) is 18.1. The zero-order valence-corrected chi connectivity index (χ0v) is 59.5. The summed E-state index contributed by atoms with van der Waals surface area (Å²) in [5, 5.41) is 10.6. The molecule has 0 rings (SSSR count). The van der Waals surface area contributed by atoms with Gasteiger partial charge in [-0.15, -0.1) is 0 Å². The summed E-state index contributed by atoms with van der Waals surface area (Å²) in [5.74, 6) is -0.586. The lowest BCUT2D eigenvalue weighted by Crippen LogP contribution is -2.30. The van der Waals surface area contributed by atoms with Crippen LogP contribution in [0.3, 0.4) is 0 Å². The number of aliphatic hydroxyl groups is 1. The van der Waals surface area contributed by atoms with Crippen molar-refractivity contribution in [1.82, 2.24) is 0 Å². The van der Waals surface area contributed by atoms with E-state index in [9.17, 15) is 43.2 Å². The molecule has 89 heavy (non-hydrogen) atoms.